The minimum atomic E-state index is 0.106. The van der Waals surface area contributed by atoms with Gasteiger partial charge in [-0.25, -0.2) is 0 Å². The van der Waals surface area contributed by atoms with E-state index in [1.54, 1.807) is 14.2 Å². The van der Waals surface area contributed by atoms with E-state index < -0.39 is 0 Å². The number of methoxy groups -OCH3 is 1. The van der Waals surface area contributed by atoms with Crippen molar-refractivity contribution in [1.82, 2.24) is 5.32 Å². The lowest BCUT2D eigenvalue weighted by molar-refractivity contribution is -0.106. The number of fused-ring (bicyclic) bond motifs is 1. The Bertz CT molecular complexity index is 645. The highest BCUT2D eigenvalue weighted by Crippen LogP contribution is 2.52. The Labute approximate surface area is 149 Å². The second kappa shape index (κ2) is 7.12. The molecule has 0 radical (unpaired) electrons. The van der Waals surface area contributed by atoms with E-state index >= 15 is 0 Å². The Kier molecular flexibility index (Phi) is 5.08. The number of hydrogen-bond donors (Lipinski definition) is 2. The summed E-state index contributed by atoms with van der Waals surface area (Å²) in [5, 5.41) is 6.94. The normalized spacial score (nSPS) is 27.2. The smallest absolute Gasteiger partial charge is 0.195 e. The third kappa shape index (κ3) is 3.27. The third-order valence-corrected chi connectivity index (χ3v) is 5.34. The molecule has 0 bridgehead atoms. The minimum absolute atomic E-state index is 0.106. The summed E-state index contributed by atoms with van der Waals surface area (Å²) in [5.41, 5.74) is 1.02. The molecule has 3 rings (SSSR count). The predicted molar refractivity (Wildman–Crippen MR) is 99.7 cm³/mol. The third-order valence-electron chi connectivity index (χ3n) is 5.34. The van der Waals surface area contributed by atoms with Crippen LogP contribution in [-0.4, -0.2) is 45.5 Å². The number of rotatable bonds is 5. The summed E-state index contributed by atoms with van der Waals surface area (Å²) in [6.07, 6.45) is 1.47. The maximum Gasteiger partial charge on any atom is 0.195 e. The Morgan fingerprint density at radius 3 is 2.84 bits per heavy atom. The Balaban J connectivity index is 1.70. The number of nitrogens with zero attached hydrogens (tertiary/aromatic N) is 1. The van der Waals surface area contributed by atoms with Crippen LogP contribution in [0.15, 0.2) is 23.2 Å². The van der Waals surface area contributed by atoms with Gasteiger partial charge in [0.25, 0.3) is 0 Å². The molecule has 1 aliphatic heterocycles. The van der Waals surface area contributed by atoms with Gasteiger partial charge in [0.05, 0.1) is 19.8 Å². The first-order chi connectivity index (χ1) is 12.0. The van der Waals surface area contributed by atoms with E-state index in [4.69, 9.17) is 14.2 Å². The molecule has 2 aliphatic rings. The average Bonchev–Trinajstić information content (AvgIpc) is 3.06. The first kappa shape index (κ1) is 17.9. The second-order valence-corrected chi connectivity index (χ2v) is 7.18. The highest BCUT2D eigenvalue weighted by Gasteiger charge is 2.59. The number of anilines is 1. The fourth-order valence-electron chi connectivity index (χ4n) is 4.08. The molecule has 0 amide bonds. The van der Waals surface area contributed by atoms with Crippen molar-refractivity contribution in [3.63, 3.8) is 0 Å². The predicted octanol–water partition coefficient (Wildman–Crippen LogP) is 2.89. The van der Waals surface area contributed by atoms with E-state index in [0.29, 0.717) is 24.7 Å². The number of guanidine groups is 1. The first-order valence-corrected chi connectivity index (χ1v) is 8.94. The van der Waals surface area contributed by atoms with Crippen molar-refractivity contribution in [2.45, 2.75) is 39.3 Å². The van der Waals surface area contributed by atoms with Crippen LogP contribution in [-0.2, 0) is 4.74 Å². The molecule has 3 unspecified atom stereocenters. The van der Waals surface area contributed by atoms with Crippen LogP contribution >= 0.6 is 0 Å². The van der Waals surface area contributed by atoms with Gasteiger partial charge in [-0.1, -0.05) is 13.8 Å². The van der Waals surface area contributed by atoms with Crippen molar-refractivity contribution in [3.8, 4) is 11.5 Å². The number of aliphatic imine (C=N–C) groups is 1. The van der Waals surface area contributed by atoms with Gasteiger partial charge in [-0.15, -0.1) is 0 Å². The van der Waals surface area contributed by atoms with Gasteiger partial charge in [-0.05, 0) is 25.5 Å². The summed E-state index contributed by atoms with van der Waals surface area (Å²) in [6.45, 7) is 7.92. The van der Waals surface area contributed by atoms with Gasteiger partial charge in [-0.2, -0.15) is 0 Å². The van der Waals surface area contributed by atoms with Crippen LogP contribution in [0, 0.1) is 11.3 Å². The van der Waals surface area contributed by atoms with Crippen molar-refractivity contribution < 1.29 is 14.2 Å². The van der Waals surface area contributed by atoms with Gasteiger partial charge in [0.15, 0.2) is 17.5 Å². The Morgan fingerprint density at radius 1 is 1.36 bits per heavy atom. The fraction of sp³-hybridized carbons (Fsp3) is 0.632. The molecule has 2 fully saturated rings. The summed E-state index contributed by atoms with van der Waals surface area (Å²) in [5.74, 6) is 2.76. The lowest BCUT2D eigenvalue weighted by atomic mass is 9.57. The lowest BCUT2D eigenvalue weighted by Crippen LogP contribution is -2.67. The van der Waals surface area contributed by atoms with Crippen LogP contribution in [0.3, 0.4) is 0 Å². The molecule has 0 aromatic heterocycles. The number of nitrogens with one attached hydrogen (secondary N) is 2. The van der Waals surface area contributed by atoms with Gasteiger partial charge in [0.1, 0.15) is 0 Å². The SMILES string of the molecule is CCOc1cc(NC(=NC)NC2C3CCOC3C2(C)C)ccc1OC. The molecule has 25 heavy (non-hydrogen) atoms. The second-order valence-electron chi connectivity index (χ2n) is 7.18. The number of hydrogen-bond acceptors (Lipinski definition) is 4. The molecule has 1 aromatic rings. The molecule has 1 saturated carbocycles. The molecular weight excluding hydrogens is 318 g/mol. The van der Waals surface area contributed by atoms with Gasteiger partial charge >= 0.3 is 0 Å². The molecule has 6 heteroatoms. The number of benzene rings is 1. The molecule has 3 atom stereocenters. The van der Waals surface area contributed by atoms with E-state index in [2.05, 4.69) is 29.5 Å². The zero-order valence-electron chi connectivity index (χ0n) is 15.8. The van der Waals surface area contributed by atoms with Crippen molar-refractivity contribution in [3.05, 3.63) is 18.2 Å². The molecule has 6 nitrogen and oxygen atoms in total. The van der Waals surface area contributed by atoms with Gasteiger partial charge in [0, 0.05) is 42.8 Å². The van der Waals surface area contributed by atoms with Crippen molar-refractivity contribution in [2.24, 2.45) is 16.3 Å². The van der Waals surface area contributed by atoms with Crippen LogP contribution in [0.25, 0.3) is 0 Å². The highest BCUT2D eigenvalue weighted by molar-refractivity contribution is 5.94. The maximum absolute atomic E-state index is 5.87. The van der Waals surface area contributed by atoms with Gasteiger partial charge in [0.2, 0.25) is 0 Å². The quantitative estimate of drug-likeness (QED) is 0.633. The highest BCUT2D eigenvalue weighted by atomic mass is 16.5. The van der Waals surface area contributed by atoms with Crippen molar-refractivity contribution in [2.75, 3.05) is 32.7 Å². The van der Waals surface area contributed by atoms with Crippen LogP contribution in [0.4, 0.5) is 5.69 Å². The van der Waals surface area contributed by atoms with E-state index in [1.165, 1.54) is 0 Å². The minimum Gasteiger partial charge on any atom is -0.493 e. The molecule has 138 valence electrons. The standard InChI is InChI=1S/C19H29N3O3/c1-6-24-15-11-12(7-8-14(15)23-5)21-18(20-4)22-16-13-9-10-25-17(13)19(16,2)3/h7-8,11,13,16-17H,6,9-10H2,1-5H3,(H2,20,21,22). The molecule has 1 aliphatic carbocycles. The zero-order chi connectivity index (χ0) is 18.0. The van der Waals surface area contributed by atoms with Crippen LogP contribution in [0.5, 0.6) is 11.5 Å². The molecule has 1 heterocycles. The average molecular weight is 347 g/mol. The zero-order valence-corrected chi connectivity index (χ0v) is 15.8. The Hall–Kier alpha value is -1.95. The van der Waals surface area contributed by atoms with E-state index in [1.807, 2.05) is 25.1 Å². The largest absolute Gasteiger partial charge is 0.493 e. The van der Waals surface area contributed by atoms with E-state index in [-0.39, 0.29) is 5.41 Å². The van der Waals surface area contributed by atoms with Crippen molar-refractivity contribution >= 4 is 11.6 Å². The molecular formula is C19H29N3O3. The summed E-state index contributed by atoms with van der Waals surface area (Å²) >= 11 is 0. The molecule has 1 aromatic carbocycles. The van der Waals surface area contributed by atoms with Crippen LogP contribution in [0.1, 0.15) is 27.2 Å². The summed E-state index contributed by atoms with van der Waals surface area (Å²) in [4.78, 5) is 4.38. The summed E-state index contributed by atoms with van der Waals surface area (Å²) in [7, 11) is 3.43. The lowest BCUT2D eigenvalue weighted by Gasteiger charge is -2.54. The van der Waals surface area contributed by atoms with Crippen LogP contribution < -0.4 is 20.1 Å². The van der Waals surface area contributed by atoms with Gasteiger partial charge < -0.3 is 24.8 Å². The topological polar surface area (TPSA) is 64.1 Å². The Morgan fingerprint density at radius 2 is 2.16 bits per heavy atom. The van der Waals surface area contributed by atoms with Crippen LogP contribution in [0.2, 0.25) is 0 Å². The molecule has 0 spiro atoms. The van der Waals surface area contributed by atoms with E-state index in [9.17, 15) is 0 Å². The van der Waals surface area contributed by atoms with E-state index in [0.717, 1.165) is 36.2 Å². The molecule has 1 saturated heterocycles. The van der Waals surface area contributed by atoms with Gasteiger partial charge in [-0.3, -0.25) is 4.99 Å². The maximum atomic E-state index is 5.87. The first-order valence-electron chi connectivity index (χ1n) is 8.94. The monoisotopic (exact) mass is 347 g/mol. The summed E-state index contributed by atoms with van der Waals surface area (Å²) in [6, 6.07) is 6.15. The van der Waals surface area contributed by atoms with Crippen molar-refractivity contribution in [1.29, 1.82) is 0 Å². The number of ether oxygens (including phenoxy) is 3. The summed E-state index contributed by atoms with van der Waals surface area (Å²) < 4.78 is 16.9. The molecule has 2 N–H and O–H groups in total. The fourth-order valence-corrected chi connectivity index (χ4v) is 4.08.